The Morgan fingerprint density at radius 3 is 2.68 bits per heavy atom. The molecular weight excluding hydrogens is 394 g/mol. The van der Waals surface area contributed by atoms with E-state index in [1.54, 1.807) is 18.8 Å². The minimum Gasteiger partial charge on any atom is -0.309 e. The smallest absolute Gasteiger partial charge is 0.236 e. The van der Waals surface area contributed by atoms with Crippen LogP contribution < -0.4 is 5.32 Å². The van der Waals surface area contributed by atoms with E-state index in [1.165, 1.54) is 33.1 Å². The Labute approximate surface area is 171 Å². The van der Waals surface area contributed by atoms with Crippen molar-refractivity contribution in [1.29, 1.82) is 5.26 Å². The van der Waals surface area contributed by atoms with E-state index in [0.29, 0.717) is 22.3 Å². The van der Waals surface area contributed by atoms with E-state index in [-0.39, 0.29) is 11.7 Å². The standard InChI is InChI=1S/C18H19N7OS2/c1-12-4-6-14(7-5-12)27-10-15-22-23-18(24(15)2)28-11-16(26)21-17-13(8-19)9-20-25(17)3/h4-7,9H,10-11H2,1-3H3,(H,21,26). The molecule has 28 heavy (non-hydrogen) atoms. The van der Waals surface area contributed by atoms with Gasteiger partial charge < -0.3 is 9.88 Å². The van der Waals surface area contributed by atoms with Crippen molar-refractivity contribution in [2.24, 2.45) is 14.1 Å². The molecule has 3 aromatic rings. The summed E-state index contributed by atoms with van der Waals surface area (Å²) in [6.07, 6.45) is 1.42. The van der Waals surface area contributed by atoms with Crippen LogP contribution in [0.25, 0.3) is 0 Å². The second kappa shape index (κ2) is 8.95. The van der Waals surface area contributed by atoms with Gasteiger partial charge in [-0.25, -0.2) is 0 Å². The van der Waals surface area contributed by atoms with Gasteiger partial charge in [0.15, 0.2) is 5.16 Å². The fourth-order valence-electron chi connectivity index (χ4n) is 2.34. The number of carbonyl (C=O) groups is 1. The van der Waals surface area contributed by atoms with Crippen molar-refractivity contribution < 1.29 is 4.79 Å². The Bertz CT molecular complexity index is 1020. The minimum absolute atomic E-state index is 0.160. The number of thioether (sulfide) groups is 2. The first kappa shape index (κ1) is 20.0. The number of carbonyl (C=O) groups excluding carboxylic acids is 1. The largest absolute Gasteiger partial charge is 0.309 e. The monoisotopic (exact) mass is 413 g/mol. The third-order valence-corrected chi connectivity index (χ3v) is 5.99. The molecule has 0 aliphatic rings. The first-order valence-electron chi connectivity index (χ1n) is 8.40. The lowest BCUT2D eigenvalue weighted by Gasteiger charge is -2.06. The van der Waals surface area contributed by atoms with E-state index in [2.05, 4.69) is 51.8 Å². The van der Waals surface area contributed by atoms with Crippen molar-refractivity contribution in [3.05, 3.63) is 47.4 Å². The SMILES string of the molecule is Cc1ccc(SCc2nnc(SCC(=O)Nc3c(C#N)cnn3C)n2C)cc1. The molecule has 144 valence electrons. The van der Waals surface area contributed by atoms with Gasteiger partial charge in [-0.1, -0.05) is 29.5 Å². The molecule has 1 aromatic carbocycles. The molecule has 2 aromatic heterocycles. The van der Waals surface area contributed by atoms with Crippen LogP contribution in [0.4, 0.5) is 5.82 Å². The highest BCUT2D eigenvalue weighted by Gasteiger charge is 2.15. The van der Waals surface area contributed by atoms with Crippen LogP contribution in [0, 0.1) is 18.3 Å². The van der Waals surface area contributed by atoms with Gasteiger partial charge in [0, 0.05) is 19.0 Å². The van der Waals surface area contributed by atoms with Crippen LogP contribution in [0.2, 0.25) is 0 Å². The molecule has 8 nitrogen and oxygen atoms in total. The van der Waals surface area contributed by atoms with Gasteiger partial charge >= 0.3 is 0 Å². The Kier molecular flexibility index (Phi) is 6.38. The molecule has 10 heteroatoms. The van der Waals surface area contributed by atoms with Gasteiger partial charge in [-0.15, -0.1) is 22.0 Å². The highest BCUT2D eigenvalue weighted by Crippen LogP contribution is 2.24. The summed E-state index contributed by atoms with van der Waals surface area (Å²) < 4.78 is 3.35. The lowest BCUT2D eigenvalue weighted by atomic mass is 10.2. The Balaban J connectivity index is 1.55. The summed E-state index contributed by atoms with van der Waals surface area (Å²) in [5, 5.41) is 24.8. The second-order valence-corrected chi connectivity index (χ2v) is 8.03. The average molecular weight is 414 g/mol. The molecule has 1 N–H and O–H groups in total. The van der Waals surface area contributed by atoms with Gasteiger partial charge in [0.25, 0.3) is 0 Å². The first-order valence-corrected chi connectivity index (χ1v) is 10.4. The summed E-state index contributed by atoms with van der Waals surface area (Å²) in [4.78, 5) is 13.4. The van der Waals surface area contributed by atoms with Gasteiger partial charge in [-0.3, -0.25) is 9.48 Å². The number of benzene rings is 1. The normalized spacial score (nSPS) is 10.6. The summed E-state index contributed by atoms with van der Waals surface area (Å²) in [7, 11) is 3.56. The molecule has 0 aliphatic heterocycles. The Morgan fingerprint density at radius 1 is 1.21 bits per heavy atom. The lowest BCUT2D eigenvalue weighted by molar-refractivity contribution is -0.113. The molecule has 0 unspecified atom stereocenters. The third-order valence-electron chi connectivity index (χ3n) is 3.96. The fourth-order valence-corrected chi connectivity index (χ4v) is 3.95. The molecular formula is C18H19N7OS2. The maximum Gasteiger partial charge on any atom is 0.236 e. The molecule has 0 saturated heterocycles. The summed E-state index contributed by atoms with van der Waals surface area (Å²) in [5.74, 6) is 1.85. The average Bonchev–Trinajstić information content (AvgIpc) is 3.22. The number of aryl methyl sites for hydroxylation is 2. The number of hydrogen-bond acceptors (Lipinski definition) is 7. The number of nitrogens with one attached hydrogen (secondary N) is 1. The van der Waals surface area contributed by atoms with E-state index in [1.807, 2.05) is 17.7 Å². The minimum atomic E-state index is -0.233. The predicted molar refractivity (Wildman–Crippen MR) is 109 cm³/mol. The van der Waals surface area contributed by atoms with Crippen molar-refractivity contribution in [1.82, 2.24) is 24.5 Å². The van der Waals surface area contributed by atoms with Crippen LogP contribution in [0.5, 0.6) is 0 Å². The van der Waals surface area contributed by atoms with E-state index in [9.17, 15) is 4.79 Å². The molecule has 3 rings (SSSR count). The molecule has 0 bridgehead atoms. The maximum atomic E-state index is 12.2. The zero-order valence-electron chi connectivity index (χ0n) is 15.7. The predicted octanol–water partition coefficient (Wildman–Crippen LogP) is 2.75. The fraction of sp³-hybridized carbons (Fsp3) is 0.278. The molecule has 0 aliphatic carbocycles. The Hall–Kier alpha value is -2.77. The highest BCUT2D eigenvalue weighted by molar-refractivity contribution is 7.99. The number of rotatable bonds is 7. The van der Waals surface area contributed by atoms with Gasteiger partial charge in [0.05, 0.1) is 17.7 Å². The maximum absolute atomic E-state index is 12.2. The molecule has 1 amide bonds. The topological polar surface area (TPSA) is 101 Å². The van der Waals surface area contributed by atoms with Gasteiger partial charge in [0.1, 0.15) is 23.3 Å². The number of nitrogens with zero attached hydrogens (tertiary/aromatic N) is 6. The van der Waals surface area contributed by atoms with Crippen molar-refractivity contribution >= 4 is 35.2 Å². The van der Waals surface area contributed by atoms with Gasteiger partial charge in [-0.2, -0.15) is 10.4 Å². The molecule has 0 spiro atoms. The number of amides is 1. The molecule has 0 atom stereocenters. The molecule has 0 fully saturated rings. The van der Waals surface area contributed by atoms with Gasteiger partial charge in [0.2, 0.25) is 5.91 Å². The molecule has 0 saturated carbocycles. The van der Waals surface area contributed by atoms with Crippen LogP contribution in [0.15, 0.2) is 40.5 Å². The van der Waals surface area contributed by atoms with Crippen LogP contribution in [-0.4, -0.2) is 36.2 Å². The van der Waals surface area contributed by atoms with Crippen LogP contribution in [0.3, 0.4) is 0 Å². The van der Waals surface area contributed by atoms with Crippen molar-refractivity contribution in [3.63, 3.8) is 0 Å². The van der Waals surface area contributed by atoms with Crippen LogP contribution in [-0.2, 0) is 24.6 Å². The first-order chi connectivity index (χ1) is 13.5. The number of anilines is 1. The van der Waals surface area contributed by atoms with E-state index in [0.717, 1.165) is 5.82 Å². The number of nitriles is 1. The summed E-state index contributed by atoms with van der Waals surface area (Å²) in [6, 6.07) is 10.3. The van der Waals surface area contributed by atoms with E-state index in [4.69, 9.17) is 5.26 Å². The van der Waals surface area contributed by atoms with Crippen molar-refractivity contribution in [3.8, 4) is 6.07 Å². The van der Waals surface area contributed by atoms with E-state index >= 15 is 0 Å². The molecule has 0 radical (unpaired) electrons. The molecule has 2 heterocycles. The zero-order valence-corrected chi connectivity index (χ0v) is 17.3. The second-order valence-electron chi connectivity index (χ2n) is 6.04. The van der Waals surface area contributed by atoms with Crippen molar-refractivity contribution in [2.45, 2.75) is 22.7 Å². The zero-order chi connectivity index (χ0) is 20.1. The summed E-state index contributed by atoms with van der Waals surface area (Å²) >= 11 is 2.99. The quantitative estimate of drug-likeness (QED) is 0.594. The summed E-state index contributed by atoms with van der Waals surface area (Å²) in [6.45, 7) is 2.06. The van der Waals surface area contributed by atoms with E-state index < -0.39 is 0 Å². The highest BCUT2D eigenvalue weighted by atomic mass is 32.2. The summed E-state index contributed by atoms with van der Waals surface area (Å²) in [5.41, 5.74) is 1.56. The lowest BCUT2D eigenvalue weighted by Crippen LogP contribution is -2.17. The Morgan fingerprint density at radius 2 is 1.96 bits per heavy atom. The van der Waals surface area contributed by atoms with Crippen LogP contribution >= 0.6 is 23.5 Å². The van der Waals surface area contributed by atoms with Crippen LogP contribution in [0.1, 0.15) is 17.0 Å². The third kappa shape index (κ3) is 4.74. The van der Waals surface area contributed by atoms with Crippen molar-refractivity contribution in [2.75, 3.05) is 11.1 Å². The number of aromatic nitrogens is 5. The van der Waals surface area contributed by atoms with Gasteiger partial charge in [-0.05, 0) is 19.1 Å². The number of hydrogen-bond donors (Lipinski definition) is 1.